The molecule has 0 aromatic heterocycles. The Balaban J connectivity index is 1.24. The molecule has 2 aliphatic heterocycles. The summed E-state index contributed by atoms with van der Waals surface area (Å²) >= 11 is 0. The van der Waals surface area contributed by atoms with E-state index < -0.39 is 53.7 Å². The molecule has 11 nitrogen and oxygen atoms in total. The summed E-state index contributed by atoms with van der Waals surface area (Å²) in [6.07, 6.45) is -1.54. The Hall–Kier alpha value is -3.77. The molecule has 6 rings (SSSR count). The highest BCUT2D eigenvalue weighted by molar-refractivity contribution is 5.85. The van der Waals surface area contributed by atoms with Gasteiger partial charge < -0.3 is 39.5 Å². The molecule has 2 bridgehead atoms. The van der Waals surface area contributed by atoms with Crippen LogP contribution in [0.25, 0.3) is 0 Å². The average molecular weight is 580 g/mol. The van der Waals surface area contributed by atoms with Crippen molar-refractivity contribution < 1.29 is 49.0 Å². The van der Waals surface area contributed by atoms with Gasteiger partial charge in [0.05, 0.1) is 24.0 Å². The second kappa shape index (κ2) is 10.5. The van der Waals surface area contributed by atoms with Gasteiger partial charge in [-0.2, -0.15) is 0 Å². The third-order valence-electron chi connectivity index (χ3n) is 9.27. The number of likely N-dealkylation sites (tertiary alicyclic amines) is 1. The van der Waals surface area contributed by atoms with Crippen LogP contribution in [0, 0.1) is 0 Å². The quantitative estimate of drug-likeness (QED) is 0.335. The zero-order chi connectivity index (χ0) is 29.8. The minimum absolute atomic E-state index is 0.161. The molecule has 42 heavy (non-hydrogen) atoms. The highest BCUT2D eigenvalue weighted by Crippen LogP contribution is 2.64. The third kappa shape index (κ3) is 4.22. The molecule has 2 heterocycles. The van der Waals surface area contributed by atoms with Crippen LogP contribution in [0.4, 0.5) is 0 Å². The first-order valence-electron chi connectivity index (χ1n) is 14.0. The van der Waals surface area contributed by atoms with Crippen molar-refractivity contribution in [2.24, 2.45) is 0 Å². The van der Waals surface area contributed by atoms with Crippen molar-refractivity contribution in [2.75, 3.05) is 13.6 Å². The van der Waals surface area contributed by atoms with Crippen LogP contribution in [0.2, 0.25) is 0 Å². The number of nitrogens with zero attached hydrogens (tertiary/aromatic N) is 1. The predicted molar refractivity (Wildman–Crippen MR) is 145 cm³/mol. The van der Waals surface area contributed by atoms with E-state index in [1.807, 2.05) is 19.2 Å². The zero-order valence-electron chi connectivity index (χ0n) is 23.1. The summed E-state index contributed by atoms with van der Waals surface area (Å²) in [5.41, 5.74) is 0.489. The molecule has 2 aromatic carbocycles. The van der Waals surface area contributed by atoms with E-state index in [2.05, 4.69) is 4.90 Å². The summed E-state index contributed by atoms with van der Waals surface area (Å²) in [6, 6.07) is 11.4. The molecule has 6 atom stereocenters. The fourth-order valence-electron chi connectivity index (χ4n) is 7.38. The number of carbonyl (C=O) groups is 3. The van der Waals surface area contributed by atoms with Crippen molar-refractivity contribution in [3.63, 3.8) is 0 Å². The van der Waals surface area contributed by atoms with E-state index in [1.54, 1.807) is 24.3 Å². The first-order valence-corrected chi connectivity index (χ1v) is 14.0. The van der Waals surface area contributed by atoms with Gasteiger partial charge in [0.25, 0.3) is 0 Å². The molecule has 1 spiro atoms. The Labute approximate surface area is 241 Å². The van der Waals surface area contributed by atoms with Crippen LogP contribution in [-0.2, 0) is 42.3 Å². The first-order chi connectivity index (χ1) is 20.1. The number of esters is 2. The summed E-state index contributed by atoms with van der Waals surface area (Å²) in [7, 11) is 1.99. The van der Waals surface area contributed by atoms with Crippen molar-refractivity contribution in [3.05, 3.63) is 76.6 Å². The summed E-state index contributed by atoms with van der Waals surface area (Å²) in [4.78, 5) is 39.4. The van der Waals surface area contributed by atoms with E-state index in [0.717, 1.165) is 24.1 Å². The third-order valence-corrected chi connectivity index (χ3v) is 9.27. The number of carboxylic acid groups (broad SMARTS) is 1. The van der Waals surface area contributed by atoms with Crippen LogP contribution in [0.15, 0.2) is 54.3 Å². The number of ether oxygens (including phenoxy) is 3. The summed E-state index contributed by atoms with van der Waals surface area (Å²) < 4.78 is 17.2. The van der Waals surface area contributed by atoms with E-state index >= 15 is 0 Å². The number of aliphatic carboxylic acids is 1. The fraction of sp³-hybridized carbons (Fsp3) is 0.452. The van der Waals surface area contributed by atoms with Gasteiger partial charge in [-0.1, -0.05) is 42.5 Å². The van der Waals surface area contributed by atoms with Gasteiger partial charge in [0.1, 0.15) is 11.5 Å². The molecule has 2 aromatic rings. The minimum Gasteiger partial charge on any atom is -0.481 e. The normalized spacial score (nSPS) is 28.8. The maximum absolute atomic E-state index is 13.0. The molecule has 0 amide bonds. The summed E-state index contributed by atoms with van der Waals surface area (Å²) in [5.74, 6) is -3.00. The van der Waals surface area contributed by atoms with Gasteiger partial charge in [0, 0.05) is 29.2 Å². The van der Waals surface area contributed by atoms with Gasteiger partial charge in [0.2, 0.25) is 6.10 Å². The highest BCUT2D eigenvalue weighted by atomic mass is 16.6. The smallest absolute Gasteiger partial charge is 0.349 e. The van der Waals surface area contributed by atoms with Crippen molar-refractivity contribution >= 4 is 17.9 Å². The van der Waals surface area contributed by atoms with Crippen molar-refractivity contribution in [1.82, 2.24) is 4.90 Å². The Morgan fingerprint density at radius 3 is 2.64 bits per heavy atom. The van der Waals surface area contributed by atoms with Crippen molar-refractivity contribution in [2.45, 2.75) is 74.1 Å². The van der Waals surface area contributed by atoms with Gasteiger partial charge in [-0.25, -0.2) is 9.59 Å². The van der Waals surface area contributed by atoms with Gasteiger partial charge in [-0.05, 0) is 44.5 Å². The zero-order valence-corrected chi connectivity index (χ0v) is 23.1. The van der Waals surface area contributed by atoms with E-state index in [1.165, 1.54) is 12.1 Å². The Morgan fingerprint density at radius 1 is 1.17 bits per heavy atom. The molecule has 222 valence electrons. The highest BCUT2D eigenvalue weighted by Gasteiger charge is 2.70. The molecular weight excluding hydrogens is 546 g/mol. The molecule has 0 radical (unpaired) electrons. The number of hydrogen-bond acceptors (Lipinski definition) is 10. The second-order valence-corrected chi connectivity index (χ2v) is 11.5. The fourth-order valence-corrected chi connectivity index (χ4v) is 7.38. The number of hydrogen-bond donors (Lipinski definition) is 4. The van der Waals surface area contributed by atoms with E-state index in [-0.39, 0.29) is 30.4 Å². The van der Waals surface area contributed by atoms with Crippen LogP contribution >= 0.6 is 0 Å². The van der Waals surface area contributed by atoms with Gasteiger partial charge in [-0.3, -0.25) is 4.79 Å². The Kier molecular flexibility index (Phi) is 7.09. The lowest BCUT2D eigenvalue weighted by Gasteiger charge is -2.56. The Morgan fingerprint density at radius 2 is 1.93 bits per heavy atom. The van der Waals surface area contributed by atoms with E-state index in [0.29, 0.717) is 24.2 Å². The van der Waals surface area contributed by atoms with E-state index in [9.17, 15) is 34.8 Å². The first kappa shape index (κ1) is 28.4. The second-order valence-electron chi connectivity index (χ2n) is 11.5. The number of aliphatic hydroxyl groups excluding tert-OH is 2. The SMILES string of the molecule is CN1CCC[C@]23c4c5ccc(CO)c4O[C@H]2C(OC(=O)C[C@H](O)C(=O)O[C@H](C(=O)O)c2ccccc2)=CC[C@@]3(O)[C@H]1C5. The molecular formula is C31H33NO10. The summed E-state index contributed by atoms with van der Waals surface area (Å²) in [5, 5.41) is 42.4. The van der Waals surface area contributed by atoms with Crippen LogP contribution < -0.4 is 4.74 Å². The number of rotatable bonds is 8. The van der Waals surface area contributed by atoms with Crippen LogP contribution in [0.3, 0.4) is 0 Å². The van der Waals surface area contributed by atoms with Gasteiger partial charge >= 0.3 is 17.9 Å². The summed E-state index contributed by atoms with van der Waals surface area (Å²) in [6.45, 7) is 0.502. The maximum atomic E-state index is 13.0. The average Bonchev–Trinajstić information content (AvgIpc) is 3.31. The molecule has 4 N–H and O–H groups in total. The molecule has 1 fully saturated rings. The standard InChI is InChI=1S/C31H33NO10/c1-32-13-5-11-30-24-18-8-9-19(16-33)25(24)41-27(30)21(10-12-31(30,39)22(32)14-18)40-23(35)15-20(34)29(38)42-26(28(36)37)17-6-3-2-4-7-17/h2-4,6-10,20,22,26-27,33-34,39H,5,11-16H2,1H3,(H,36,37)/t20-,22+,26-,27-,30-,31+/m0/s1. The van der Waals surface area contributed by atoms with Gasteiger partial charge in [0.15, 0.2) is 12.2 Å². The topological polar surface area (TPSA) is 163 Å². The number of likely N-dealkylation sites (N-methyl/N-ethyl adjacent to an activating group) is 1. The van der Waals surface area contributed by atoms with Crippen LogP contribution in [-0.4, -0.2) is 80.7 Å². The molecule has 11 heteroatoms. The molecule has 4 aliphatic rings. The van der Waals surface area contributed by atoms with Crippen molar-refractivity contribution in [1.29, 1.82) is 0 Å². The number of aliphatic hydroxyl groups is 3. The molecule has 1 saturated heterocycles. The largest absolute Gasteiger partial charge is 0.481 e. The van der Waals surface area contributed by atoms with Crippen molar-refractivity contribution in [3.8, 4) is 5.75 Å². The lowest BCUT2D eigenvalue weighted by Crippen LogP contribution is -2.69. The molecule has 0 saturated carbocycles. The molecule has 2 aliphatic carbocycles. The number of carbonyl (C=O) groups excluding carboxylic acids is 2. The predicted octanol–water partition coefficient (Wildman–Crippen LogP) is 1.51. The maximum Gasteiger partial charge on any atom is 0.349 e. The number of carboxylic acids is 1. The van der Waals surface area contributed by atoms with Crippen LogP contribution in [0.5, 0.6) is 5.75 Å². The minimum atomic E-state index is -1.97. The Bertz CT molecular complexity index is 1460. The number of benzene rings is 2. The molecule has 0 unspecified atom stereocenters. The van der Waals surface area contributed by atoms with E-state index in [4.69, 9.17) is 14.2 Å². The van der Waals surface area contributed by atoms with Gasteiger partial charge in [-0.15, -0.1) is 0 Å². The monoisotopic (exact) mass is 579 g/mol. The lowest BCUT2D eigenvalue weighted by molar-refractivity contribution is -0.173. The van der Waals surface area contributed by atoms with Crippen LogP contribution in [0.1, 0.15) is 54.0 Å². The lowest BCUT2D eigenvalue weighted by atomic mass is 9.52.